The molecule has 0 unspecified atom stereocenters. The van der Waals surface area contributed by atoms with E-state index >= 15 is 0 Å². The van der Waals surface area contributed by atoms with E-state index in [9.17, 15) is 13.2 Å². The van der Waals surface area contributed by atoms with Crippen LogP contribution >= 0.6 is 27.5 Å². The Labute approximate surface area is 221 Å². The molecule has 0 aliphatic carbocycles. The summed E-state index contributed by atoms with van der Waals surface area (Å²) in [6.07, 6.45) is 1.57. The number of amides is 2. The third-order valence-corrected chi connectivity index (χ3v) is 8.91. The molecule has 1 aliphatic rings. The minimum Gasteiger partial charge on any atom is -0.497 e. The number of carbonyl (C=O) groups is 1. The van der Waals surface area contributed by atoms with Crippen LogP contribution in [0.1, 0.15) is 5.56 Å². The Balaban J connectivity index is 1.66. The summed E-state index contributed by atoms with van der Waals surface area (Å²) in [4.78, 5) is 21.1. The topological polar surface area (TPSA) is 94.0 Å². The largest absolute Gasteiger partial charge is 0.497 e. The van der Waals surface area contributed by atoms with Gasteiger partial charge in [-0.25, -0.2) is 22.2 Å². The van der Waals surface area contributed by atoms with Crippen LogP contribution in [0.4, 0.5) is 16.2 Å². The van der Waals surface area contributed by atoms with E-state index in [0.29, 0.717) is 38.4 Å². The lowest BCUT2D eigenvalue weighted by Crippen LogP contribution is -2.45. The molecule has 0 N–H and O–H groups in total. The van der Waals surface area contributed by atoms with Crippen LogP contribution in [-0.4, -0.2) is 44.7 Å². The molecule has 0 bridgehead atoms. The summed E-state index contributed by atoms with van der Waals surface area (Å²) in [5, 5.41) is 0.782. The van der Waals surface area contributed by atoms with E-state index in [4.69, 9.17) is 21.1 Å². The maximum absolute atomic E-state index is 13.5. The van der Waals surface area contributed by atoms with Gasteiger partial charge in [0.1, 0.15) is 21.1 Å². The van der Waals surface area contributed by atoms with E-state index in [1.54, 1.807) is 49.6 Å². The zero-order chi connectivity index (χ0) is 25.8. The van der Waals surface area contributed by atoms with Crippen molar-refractivity contribution in [2.24, 2.45) is 0 Å². The zero-order valence-electron chi connectivity index (χ0n) is 19.4. The minimum absolute atomic E-state index is 0.125. The molecular weight excluding hydrogens is 572 g/mol. The van der Waals surface area contributed by atoms with Crippen LogP contribution in [0.3, 0.4) is 0 Å². The molecule has 0 radical (unpaired) electrons. The third kappa shape index (κ3) is 3.69. The predicted molar refractivity (Wildman–Crippen MR) is 141 cm³/mol. The molecule has 3 heterocycles. The molecule has 9 nitrogen and oxygen atoms in total. The lowest BCUT2D eigenvalue weighted by molar-refractivity contribution is 0.251. The number of ether oxygens (including phenoxy) is 2. The number of halogens is 2. The van der Waals surface area contributed by atoms with Gasteiger partial charge in [0.25, 0.3) is 10.0 Å². The maximum atomic E-state index is 13.5. The standard InChI is InChI=1S/C24H20BrClN4O5S/c1-28-22-14(13-29(24(28)31)18-9-15(34-2)10-19(35-3)21(18)26)12-27-23-17(22)11-20(25)30(23)36(32,33)16-7-5-4-6-8-16/h4-12H,13H2,1-3H3. The fraction of sp³-hybridized carbons (Fsp3) is 0.167. The summed E-state index contributed by atoms with van der Waals surface area (Å²) in [6, 6.07) is 12.7. The van der Waals surface area contributed by atoms with Crippen molar-refractivity contribution in [3.63, 3.8) is 0 Å². The average molecular weight is 592 g/mol. The molecule has 5 rings (SSSR count). The Kier molecular flexibility index (Phi) is 6.09. The first-order valence-corrected chi connectivity index (χ1v) is 13.3. The van der Waals surface area contributed by atoms with E-state index in [-0.39, 0.29) is 28.1 Å². The molecule has 1 aliphatic heterocycles. The van der Waals surface area contributed by atoms with Crippen LogP contribution in [0.15, 0.2) is 64.2 Å². The van der Waals surface area contributed by atoms with Gasteiger partial charge in [-0.3, -0.25) is 9.80 Å². The van der Waals surface area contributed by atoms with Gasteiger partial charge in [0.05, 0.1) is 37.0 Å². The molecule has 36 heavy (non-hydrogen) atoms. The van der Waals surface area contributed by atoms with E-state index in [2.05, 4.69) is 20.9 Å². The second-order valence-electron chi connectivity index (χ2n) is 8.01. The van der Waals surface area contributed by atoms with Gasteiger partial charge in [0, 0.05) is 36.3 Å². The van der Waals surface area contributed by atoms with Gasteiger partial charge in [-0.15, -0.1) is 0 Å². The number of pyridine rings is 1. The minimum atomic E-state index is -3.94. The first kappa shape index (κ1) is 24.4. The summed E-state index contributed by atoms with van der Waals surface area (Å²) in [6.45, 7) is 0.158. The van der Waals surface area contributed by atoms with Crippen molar-refractivity contribution in [3.05, 3.63) is 69.9 Å². The summed E-state index contributed by atoms with van der Waals surface area (Å²) in [7, 11) is 0.678. The highest BCUT2D eigenvalue weighted by Crippen LogP contribution is 2.44. The number of rotatable bonds is 5. The molecule has 4 aromatic rings. The number of benzene rings is 2. The number of carbonyl (C=O) groups excluding carboxylic acids is 1. The van der Waals surface area contributed by atoms with Gasteiger partial charge >= 0.3 is 6.03 Å². The fourth-order valence-corrected chi connectivity index (χ4v) is 6.91. The highest BCUT2D eigenvalue weighted by atomic mass is 79.9. The van der Waals surface area contributed by atoms with E-state index in [1.807, 2.05) is 0 Å². The van der Waals surface area contributed by atoms with Crippen molar-refractivity contribution in [2.45, 2.75) is 11.4 Å². The molecule has 0 fully saturated rings. The van der Waals surface area contributed by atoms with Crippen LogP contribution in [0.2, 0.25) is 5.02 Å². The molecule has 0 spiro atoms. The van der Waals surface area contributed by atoms with Gasteiger partial charge in [-0.05, 0) is 34.1 Å². The molecular formula is C24H20BrClN4O5S. The molecule has 2 aromatic carbocycles. The fourth-order valence-electron chi connectivity index (χ4n) is 4.28. The van der Waals surface area contributed by atoms with Gasteiger partial charge in [0.15, 0.2) is 5.65 Å². The summed E-state index contributed by atoms with van der Waals surface area (Å²) in [5.74, 6) is 0.848. The Hall–Kier alpha value is -3.28. The number of hydrogen-bond donors (Lipinski definition) is 0. The number of methoxy groups -OCH3 is 2. The number of fused-ring (bicyclic) bond motifs is 3. The van der Waals surface area contributed by atoms with E-state index in [0.717, 1.165) is 3.97 Å². The Bertz CT molecular complexity index is 1630. The van der Waals surface area contributed by atoms with Crippen molar-refractivity contribution in [1.82, 2.24) is 8.96 Å². The lowest BCUT2D eigenvalue weighted by Gasteiger charge is -2.35. The second kappa shape index (κ2) is 8.99. The van der Waals surface area contributed by atoms with Gasteiger partial charge in [-0.2, -0.15) is 0 Å². The number of aromatic nitrogens is 2. The molecule has 0 atom stereocenters. The molecule has 2 amide bonds. The lowest BCUT2D eigenvalue weighted by atomic mass is 10.1. The van der Waals surface area contributed by atoms with Crippen LogP contribution < -0.4 is 19.3 Å². The zero-order valence-corrected chi connectivity index (χ0v) is 22.6. The predicted octanol–water partition coefficient (Wildman–Crippen LogP) is 5.28. The SMILES string of the molecule is COc1cc(OC)c(Cl)c(N2Cc3cnc4c(cc(Br)n4S(=O)(=O)c4ccccc4)c3N(C)C2=O)c1. The Morgan fingerprint density at radius 1 is 1.08 bits per heavy atom. The normalized spacial score (nSPS) is 13.8. The van der Waals surface area contributed by atoms with Crippen LogP contribution in [-0.2, 0) is 16.6 Å². The Morgan fingerprint density at radius 3 is 2.47 bits per heavy atom. The molecule has 186 valence electrons. The number of urea groups is 1. The number of nitrogens with zero attached hydrogens (tertiary/aromatic N) is 4. The summed E-state index contributed by atoms with van der Waals surface area (Å²) < 4.78 is 38.9. The van der Waals surface area contributed by atoms with E-state index < -0.39 is 10.0 Å². The van der Waals surface area contributed by atoms with Crippen molar-refractivity contribution in [2.75, 3.05) is 31.1 Å². The highest BCUT2D eigenvalue weighted by Gasteiger charge is 2.35. The van der Waals surface area contributed by atoms with Crippen molar-refractivity contribution in [3.8, 4) is 11.5 Å². The first-order valence-electron chi connectivity index (χ1n) is 10.6. The van der Waals surface area contributed by atoms with Crippen LogP contribution in [0.5, 0.6) is 11.5 Å². The molecule has 0 saturated carbocycles. The van der Waals surface area contributed by atoms with Crippen molar-refractivity contribution >= 4 is 66.0 Å². The second-order valence-corrected chi connectivity index (χ2v) is 11.0. The smallest absolute Gasteiger partial charge is 0.329 e. The highest BCUT2D eigenvalue weighted by molar-refractivity contribution is 9.10. The van der Waals surface area contributed by atoms with Gasteiger partial charge < -0.3 is 9.47 Å². The molecule has 2 aromatic heterocycles. The number of anilines is 2. The third-order valence-electron chi connectivity index (χ3n) is 6.00. The van der Waals surface area contributed by atoms with Crippen molar-refractivity contribution < 1.29 is 22.7 Å². The molecule has 0 saturated heterocycles. The van der Waals surface area contributed by atoms with Gasteiger partial charge in [0.2, 0.25) is 0 Å². The maximum Gasteiger partial charge on any atom is 0.329 e. The molecule has 12 heteroatoms. The van der Waals surface area contributed by atoms with Crippen LogP contribution in [0.25, 0.3) is 11.0 Å². The van der Waals surface area contributed by atoms with Gasteiger partial charge in [-0.1, -0.05) is 29.8 Å². The summed E-state index contributed by atoms with van der Waals surface area (Å²) in [5.41, 5.74) is 1.90. The summed E-state index contributed by atoms with van der Waals surface area (Å²) >= 11 is 9.93. The monoisotopic (exact) mass is 590 g/mol. The quantitative estimate of drug-likeness (QED) is 0.313. The Morgan fingerprint density at radius 2 is 1.81 bits per heavy atom. The average Bonchev–Trinajstić information content (AvgIpc) is 3.23. The van der Waals surface area contributed by atoms with Crippen LogP contribution in [0, 0.1) is 0 Å². The van der Waals surface area contributed by atoms with Crippen molar-refractivity contribution in [1.29, 1.82) is 0 Å². The van der Waals surface area contributed by atoms with E-state index in [1.165, 1.54) is 36.2 Å². The first-order chi connectivity index (χ1) is 17.2. The number of hydrogen-bond acceptors (Lipinski definition) is 6.